The van der Waals surface area contributed by atoms with Gasteiger partial charge in [0, 0.05) is 25.9 Å². The number of carbonyl (C=O) groups excluding carboxylic acids is 1. The van der Waals surface area contributed by atoms with Crippen molar-refractivity contribution in [2.45, 2.75) is 65.1 Å². The summed E-state index contributed by atoms with van der Waals surface area (Å²) in [6, 6.07) is 3.82. The standard InChI is InChI=1S/C22H31N5O3S/c1-5-29-21(28)19-14(2)26-20(31-19)15(3)27-22(23-4)25-13-16-10-11-24-18(12-16)30-17-8-6-7-9-17/h10-12,15,17H,5-9,13H2,1-4H3,(H2,23,25,27). The first-order valence-corrected chi connectivity index (χ1v) is 11.5. The normalized spacial score (nSPS) is 15.5. The zero-order valence-corrected chi connectivity index (χ0v) is 19.4. The Morgan fingerprint density at radius 1 is 1.39 bits per heavy atom. The first kappa shape index (κ1) is 23.0. The quantitative estimate of drug-likeness (QED) is 0.363. The Morgan fingerprint density at radius 3 is 2.87 bits per heavy atom. The number of guanidine groups is 1. The molecule has 1 aliphatic carbocycles. The van der Waals surface area contributed by atoms with Crippen LogP contribution in [0.3, 0.4) is 0 Å². The third-order valence-corrected chi connectivity index (χ3v) is 6.39. The molecule has 2 aromatic rings. The Kier molecular flexibility index (Phi) is 8.22. The van der Waals surface area contributed by atoms with Crippen LogP contribution >= 0.6 is 11.3 Å². The van der Waals surface area contributed by atoms with E-state index in [0.29, 0.717) is 35.6 Å². The lowest BCUT2D eigenvalue weighted by Gasteiger charge is -2.17. The molecule has 9 heteroatoms. The van der Waals surface area contributed by atoms with E-state index in [1.54, 1.807) is 20.2 Å². The van der Waals surface area contributed by atoms with Gasteiger partial charge >= 0.3 is 5.97 Å². The number of esters is 1. The summed E-state index contributed by atoms with van der Waals surface area (Å²) in [5, 5.41) is 7.44. The highest BCUT2D eigenvalue weighted by atomic mass is 32.1. The summed E-state index contributed by atoms with van der Waals surface area (Å²) >= 11 is 1.34. The zero-order valence-electron chi connectivity index (χ0n) is 18.6. The molecule has 8 nitrogen and oxygen atoms in total. The van der Waals surface area contributed by atoms with Crippen molar-refractivity contribution in [1.29, 1.82) is 0 Å². The van der Waals surface area contributed by atoms with Crippen molar-refractivity contribution in [3.63, 3.8) is 0 Å². The molecule has 0 saturated heterocycles. The van der Waals surface area contributed by atoms with Gasteiger partial charge in [-0.05, 0) is 58.1 Å². The second-order valence-electron chi connectivity index (χ2n) is 7.51. The summed E-state index contributed by atoms with van der Waals surface area (Å²) in [6.07, 6.45) is 6.72. The Bertz CT molecular complexity index is 908. The van der Waals surface area contributed by atoms with Crippen LogP contribution in [0.4, 0.5) is 0 Å². The van der Waals surface area contributed by atoms with Gasteiger partial charge in [0.1, 0.15) is 16.0 Å². The number of rotatable bonds is 8. The van der Waals surface area contributed by atoms with Gasteiger partial charge in [-0.15, -0.1) is 11.3 Å². The van der Waals surface area contributed by atoms with Crippen molar-refractivity contribution in [3.05, 3.63) is 39.5 Å². The summed E-state index contributed by atoms with van der Waals surface area (Å²) in [4.78, 5) is 25.8. The molecule has 0 aromatic carbocycles. The number of nitrogens with zero attached hydrogens (tertiary/aromatic N) is 3. The summed E-state index contributed by atoms with van der Waals surface area (Å²) in [5.41, 5.74) is 1.75. The average molecular weight is 446 g/mol. The van der Waals surface area contributed by atoms with Crippen LogP contribution in [-0.2, 0) is 11.3 Å². The molecule has 3 rings (SSSR count). The predicted molar refractivity (Wildman–Crippen MR) is 122 cm³/mol. The van der Waals surface area contributed by atoms with E-state index in [2.05, 4.69) is 25.6 Å². The van der Waals surface area contributed by atoms with Gasteiger partial charge in [0.05, 0.1) is 18.3 Å². The average Bonchev–Trinajstić information content (AvgIpc) is 3.41. The number of carbonyl (C=O) groups is 1. The Labute approximate surface area is 187 Å². The first-order valence-electron chi connectivity index (χ1n) is 10.7. The summed E-state index contributed by atoms with van der Waals surface area (Å²) in [5.74, 6) is 0.993. The van der Waals surface area contributed by atoms with E-state index in [4.69, 9.17) is 9.47 Å². The van der Waals surface area contributed by atoms with Crippen LogP contribution < -0.4 is 15.4 Å². The van der Waals surface area contributed by atoms with Crippen molar-refractivity contribution >= 4 is 23.3 Å². The third-order valence-electron chi connectivity index (χ3n) is 5.07. The van der Waals surface area contributed by atoms with Gasteiger partial charge < -0.3 is 20.1 Å². The predicted octanol–water partition coefficient (Wildman–Crippen LogP) is 3.77. The lowest BCUT2D eigenvalue weighted by atomic mass is 10.2. The van der Waals surface area contributed by atoms with E-state index >= 15 is 0 Å². The molecule has 0 amide bonds. The number of hydrogen-bond acceptors (Lipinski definition) is 7. The molecule has 2 N–H and O–H groups in total. The minimum Gasteiger partial charge on any atom is -0.474 e. The summed E-state index contributed by atoms with van der Waals surface area (Å²) in [7, 11) is 1.72. The highest BCUT2D eigenvalue weighted by Crippen LogP contribution is 2.25. The maximum atomic E-state index is 12.1. The fraction of sp³-hybridized carbons (Fsp3) is 0.545. The molecule has 168 valence electrons. The molecule has 0 bridgehead atoms. The van der Waals surface area contributed by atoms with Gasteiger partial charge in [-0.2, -0.15) is 0 Å². The largest absolute Gasteiger partial charge is 0.474 e. The number of ether oxygens (including phenoxy) is 2. The fourth-order valence-electron chi connectivity index (χ4n) is 3.44. The third kappa shape index (κ3) is 6.40. The number of aromatic nitrogens is 2. The molecular weight excluding hydrogens is 414 g/mol. The Balaban J connectivity index is 1.56. The van der Waals surface area contributed by atoms with Gasteiger partial charge in [-0.1, -0.05) is 0 Å². The van der Waals surface area contributed by atoms with E-state index in [0.717, 1.165) is 23.4 Å². The molecular formula is C22H31N5O3S. The maximum absolute atomic E-state index is 12.1. The minimum atomic E-state index is -0.327. The Morgan fingerprint density at radius 2 is 2.16 bits per heavy atom. The number of nitrogens with one attached hydrogen (secondary N) is 2. The van der Waals surface area contributed by atoms with Gasteiger partial charge in [-0.3, -0.25) is 4.99 Å². The highest BCUT2D eigenvalue weighted by molar-refractivity contribution is 7.13. The molecule has 1 aliphatic rings. The van der Waals surface area contributed by atoms with Crippen LogP contribution in [0.25, 0.3) is 0 Å². The molecule has 0 aliphatic heterocycles. The molecule has 2 heterocycles. The number of aliphatic imine (C=N–C) groups is 1. The van der Waals surface area contributed by atoms with Crippen molar-refractivity contribution in [2.24, 2.45) is 4.99 Å². The molecule has 0 radical (unpaired) electrons. The lowest BCUT2D eigenvalue weighted by Crippen LogP contribution is -2.38. The second kappa shape index (κ2) is 11.1. The molecule has 31 heavy (non-hydrogen) atoms. The smallest absolute Gasteiger partial charge is 0.350 e. The summed E-state index contributed by atoms with van der Waals surface area (Å²) in [6.45, 7) is 6.53. The number of hydrogen-bond donors (Lipinski definition) is 2. The van der Waals surface area contributed by atoms with Crippen molar-refractivity contribution < 1.29 is 14.3 Å². The molecule has 0 spiro atoms. The van der Waals surface area contributed by atoms with E-state index in [1.165, 1.54) is 24.2 Å². The molecule has 1 fully saturated rings. The first-order chi connectivity index (χ1) is 15.0. The number of pyridine rings is 1. The van der Waals surface area contributed by atoms with Crippen molar-refractivity contribution in [1.82, 2.24) is 20.6 Å². The van der Waals surface area contributed by atoms with Crippen molar-refractivity contribution in [3.8, 4) is 5.88 Å². The SMILES string of the molecule is CCOC(=O)c1sc(C(C)NC(=NC)NCc2ccnc(OC3CCCC3)c2)nc1C. The zero-order chi connectivity index (χ0) is 22.2. The minimum absolute atomic E-state index is 0.114. The van der Waals surface area contributed by atoms with Gasteiger partial charge in [0.2, 0.25) is 5.88 Å². The van der Waals surface area contributed by atoms with Crippen LogP contribution in [0, 0.1) is 6.92 Å². The molecule has 1 atom stereocenters. The van der Waals surface area contributed by atoms with E-state index in [9.17, 15) is 4.79 Å². The van der Waals surface area contributed by atoms with E-state index in [1.807, 2.05) is 26.0 Å². The second-order valence-corrected chi connectivity index (χ2v) is 8.54. The van der Waals surface area contributed by atoms with E-state index < -0.39 is 0 Å². The molecule has 1 saturated carbocycles. The number of aryl methyl sites for hydroxylation is 1. The van der Waals surface area contributed by atoms with Gasteiger partial charge in [0.25, 0.3) is 0 Å². The van der Waals surface area contributed by atoms with Crippen LogP contribution in [-0.4, -0.2) is 41.7 Å². The molecule has 1 unspecified atom stereocenters. The topological polar surface area (TPSA) is 97.7 Å². The van der Waals surface area contributed by atoms with Gasteiger partial charge in [-0.25, -0.2) is 14.8 Å². The van der Waals surface area contributed by atoms with Gasteiger partial charge in [0.15, 0.2) is 5.96 Å². The monoisotopic (exact) mass is 445 g/mol. The fourth-order valence-corrected chi connectivity index (χ4v) is 4.40. The van der Waals surface area contributed by atoms with E-state index in [-0.39, 0.29) is 18.1 Å². The van der Waals surface area contributed by atoms with Crippen LogP contribution in [0.2, 0.25) is 0 Å². The highest BCUT2D eigenvalue weighted by Gasteiger charge is 2.20. The summed E-state index contributed by atoms with van der Waals surface area (Å²) < 4.78 is 11.1. The molecule has 2 aromatic heterocycles. The van der Waals surface area contributed by atoms with Crippen LogP contribution in [0.1, 0.15) is 71.5 Å². The van der Waals surface area contributed by atoms with Crippen LogP contribution in [0.5, 0.6) is 5.88 Å². The van der Waals surface area contributed by atoms with Crippen LogP contribution in [0.15, 0.2) is 23.3 Å². The Hall–Kier alpha value is -2.68. The number of thiazole rings is 1. The van der Waals surface area contributed by atoms with Crippen molar-refractivity contribution in [2.75, 3.05) is 13.7 Å². The lowest BCUT2D eigenvalue weighted by molar-refractivity contribution is 0.0531. The maximum Gasteiger partial charge on any atom is 0.350 e.